The van der Waals surface area contributed by atoms with Gasteiger partial charge >= 0.3 is 0 Å². The van der Waals surface area contributed by atoms with Gasteiger partial charge in [0.1, 0.15) is 0 Å². The number of amides is 1. The first kappa shape index (κ1) is 11.6. The summed E-state index contributed by atoms with van der Waals surface area (Å²) in [4.78, 5) is 14.2. The van der Waals surface area contributed by atoms with E-state index in [1.54, 1.807) is 0 Å². The van der Waals surface area contributed by atoms with Gasteiger partial charge in [0.2, 0.25) is 5.91 Å². The summed E-state index contributed by atoms with van der Waals surface area (Å²) in [6.07, 6.45) is 7.78. The molecule has 3 heteroatoms. The molecule has 90 valence electrons. The predicted octanol–water partition coefficient (Wildman–Crippen LogP) is 1.70. The molecule has 0 aromatic carbocycles. The van der Waals surface area contributed by atoms with Crippen molar-refractivity contribution >= 4 is 5.91 Å². The highest BCUT2D eigenvalue weighted by Gasteiger charge is 2.23. The molecular weight excluding hydrogens is 200 g/mol. The van der Waals surface area contributed by atoms with Crippen LogP contribution in [-0.2, 0) is 4.79 Å². The Morgan fingerprint density at radius 2 is 2.44 bits per heavy atom. The van der Waals surface area contributed by atoms with Crippen LogP contribution in [0.1, 0.15) is 39.0 Å². The van der Waals surface area contributed by atoms with Gasteiger partial charge in [0.15, 0.2) is 0 Å². The number of carbonyl (C=O) groups is 1. The van der Waals surface area contributed by atoms with Crippen LogP contribution in [0.25, 0.3) is 0 Å². The number of piperazine rings is 1. The van der Waals surface area contributed by atoms with E-state index in [1.807, 2.05) is 4.90 Å². The fourth-order valence-electron chi connectivity index (χ4n) is 2.57. The minimum atomic E-state index is 0.321. The smallest absolute Gasteiger partial charge is 0.226 e. The van der Waals surface area contributed by atoms with Gasteiger partial charge in [0, 0.05) is 32.1 Å². The number of allylic oxidation sites excluding steroid dienone is 1. The normalized spacial score (nSPS) is 26.4. The van der Waals surface area contributed by atoms with Crippen molar-refractivity contribution in [1.29, 1.82) is 0 Å². The number of hydrogen-bond donors (Lipinski definition) is 1. The van der Waals surface area contributed by atoms with E-state index in [0.29, 0.717) is 18.4 Å². The lowest BCUT2D eigenvalue weighted by atomic mass is 9.96. The van der Waals surface area contributed by atoms with Crippen molar-refractivity contribution in [3.63, 3.8) is 0 Å². The molecule has 1 heterocycles. The first-order valence-electron chi connectivity index (χ1n) is 6.45. The minimum absolute atomic E-state index is 0.321. The summed E-state index contributed by atoms with van der Waals surface area (Å²) < 4.78 is 0. The zero-order chi connectivity index (χ0) is 11.4. The molecular formula is C13H22N2O. The van der Waals surface area contributed by atoms with Crippen LogP contribution in [0.5, 0.6) is 0 Å². The van der Waals surface area contributed by atoms with E-state index in [2.05, 4.69) is 18.3 Å². The van der Waals surface area contributed by atoms with Crippen molar-refractivity contribution < 1.29 is 4.79 Å². The molecule has 0 radical (unpaired) electrons. The molecule has 16 heavy (non-hydrogen) atoms. The maximum Gasteiger partial charge on any atom is 0.226 e. The lowest BCUT2D eigenvalue weighted by Crippen LogP contribution is -2.52. The molecule has 2 aliphatic rings. The number of nitrogens with one attached hydrogen (secondary N) is 1. The van der Waals surface area contributed by atoms with Crippen molar-refractivity contribution in [2.75, 3.05) is 19.6 Å². The van der Waals surface area contributed by atoms with Crippen LogP contribution in [-0.4, -0.2) is 36.5 Å². The van der Waals surface area contributed by atoms with Crippen molar-refractivity contribution in [1.82, 2.24) is 10.2 Å². The Hall–Kier alpha value is -0.830. The van der Waals surface area contributed by atoms with Gasteiger partial charge < -0.3 is 10.2 Å². The molecule has 0 saturated carbocycles. The van der Waals surface area contributed by atoms with Gasteiger partial charge in [0.05, 0.1) is 0 Å². The maximum atomic E-state index is 12.1. The van der Waals surface area contributed by atoms with E-state index < -0.39 is 0 Å². The number of carbonyl (C=O) groups excluding carboxylic acids is 1. The Kier molecular flexibility index (Phi) is 3.99. The van der Waals surface area contributed by atoms with E-state index in [0.717, 1.165) is 26.1 Å². The molecule has 3 nitrogen and oxygen atoms in total. The van der Waals surface area contributed by atoms with Gasteiger partial charge in [-0.05, 0) is 32.6 Å². The molecule has 0 unspecified atom stereocenters. The van der Waals surface area contributed by atoms with Crippen LogP contribution in [0, 0.1) is 0 Å². The summed E-state index contributed by atoms with van der Waals surface area (Å²) in [6, 6.07) is 0.352. The minimum Gasteiger partial charge on any atom is -0.337 e. The van der Waals surface area contributed by atoms with Crippen LogP contribution in [0.4, 0.5) is 0 Å². The molecule has 1 N–H and O–H groups in total. The second kappa shape index (κ2) is 5.48. The number of nitrogens with zero attached hydrogens (tertiary/aromatic N) is 1. The van der Waals surface area contributed by atoms with Crippen LogP contribution in [0.3, 0.4) is 0 Å². The molecule has 1 amide bonds. The second-order valence-corrected chi connectivity index (χ2v) is 4.93. The van der Waals surface area contributed by atoms with Gasteiger partial charge in [-0.2, -0.15) is 0 Å². The zero-order valence-corrected chi connectivity index (χ0v) is 10.2. The van der Waals surface area contributed by atoms with Crippen molar-refractivity contribution in [3.8, 4) is 0 Å². The average Bonchev–Trinajstić information content (AvgIpc) is 2.31. The third kappa shape index (κ3) is 2.85. The van der Waals surface area contributed by atoms with Crippen LogP contribution < -0.4 is 5.32 Å². The van der Waals surface area contributed by atoms with E-state index >= 15 is 0 Å². The van der Waals surface area contributed by atoms with Crippen molar-refractivity contribution in [2.45, 2.75) is 45.1 Å². The summed E-state index contributed by atoms with van der Waals surface area (Å²) in [5.41, 5.74) is 1.36. The van der Waals surface area contributed by atoms with E-state index in [4.69, 9.17) is 0 Å². The topological polar surface area (TPSA) is 32.3 Å². The van der Waals surface area contributed by atoms with Gasteiger partial charge in [-0.1, -0.05) is 11.6 Å². The van der Waals surface area contributed by atoms with Crippen LogP contribution in [0.2, 0.25) is 0 Å². The predicted molar refractivity (Wildman–Crippen MR) is 65.2 cm³/mol. The molecule has 0 bridgehead atoms. The Bertz CT molecular complexity index is 286. The molecule has 1 atom stereocenters. The molecule has 0 aromatic rings. The fraction of sp³-hybridized carbons (Fsp3) is 0.769. The fourth-order valence-corrected chi connectivity index (χ4v) is 2.57. The molecule has 1 saturated heterocycles. The highest BCUT2D eigenvalue weighted by molar-refractivity contribution is 5.79. The van der Waals surface area contributed by atoms with Crippen LogP contribution >= 0.6 is 0 Å². The maximum absolute atomic E-state index is 12.1. The first-order chi connectivity index (χ1) is 7.77. The molecule has 1 aliphatic carbocycles. The van der Waals surface area contributed by atoms with E-state index in [-0.39, 0.29) is 0 Å². The van der Waals surface area contributed by atoms with E-state index in [9.17, 15) is 4.79 Å². The van der Waals surface area contributed by atoms with Gasteiger partial charge in [0.25, 0.3) is 0 Å². The third-order valence-corrected chi connectivity index (χ3v) is 3.58. The van der Waals surface area contributed by atoms with Gasteiger partial charge in [-0.15, -0.1) is 0 Å². The Morgan fingerprint density at radius 3 is 3.12 bits per heavy atom. The summed E-state index contributed by atoms with van der Waals surface area (Å²) >= 11 is 0. The quantitative estimate of drug-likeness (QED) is 0.721. The number of hydrogen-bond acceptors (Lipinski definition) is 2. The van der Waals surface area contributed by atoms with Gasteiger partial charge in [-0.3, -0.25) is 4.79 Å². The zero-order valence-electron chi connectivity index (χ0n) is 10.2. The largest absolute Gasteiger partial charge is 0.337 e. The third-order valence-electron chi connectivity index (χ3n) is 3.58. The molecule has 2 rings (SSSR count). The Balaban J connectivity index is 1.88. The Morgan fingerprint density at radius 1 is 1.56 bits per heavy atom. The highest BCUT2D eigenvalue weighted by Crippen LogP contribution is 2.21. The molecule has 1 fully saturated rings. The Labute approximate surface area is 97.9 Å². The molecule has 0 aromatic heterocycles. The summed E-state index contributed by atoms with van der Waals surface area (Å²) in [6.45, 7) is 4.87. The monoisotopic (exact) mass is 222 g/mol. The first-order valence-corrected chi connectivity index (χ1v) is 6.45. The second-order valence-electron chi connectivity index (χ2n) is 4.93. The standard InChI is InChI=1S/C13H22N2O/c1-11-10-14-7-8-15(11)13(16)9-12-5-3-2-4-6-12/h5,11,14H,2-4,6-10H2,1H3/t11-/m1/s1. The number of rotatable bonds is 2. The lowest BCUT2D eigenvalue weighted by molar-refractivity contribution is -0.133. The highest BCUT2D eigenvalue weighted by atomic mass is 16.2. The summed E-state index contributed by atoms with van der Waals surface area (Å²) in [5.74, 6) is 0.321. The van der Waals surface area contributed by atoms with Gasteiger partial charge in [-0.25, -0.2) is 0 Å². The average molecular weight is 222 g/mol. The summed E-state index contributed by atoms with van der Waals surface area (Å²) in [7, 11) is 0. The van der Waals surface area contributed by atoms with Crippen LogP contribution in [0.15, 0.2) is 11.6 Å². The van der Waals surface area contributed by atoms with Crippen molar-refractivity contribution in [2.24, 2.45) is 0 Å². The van der Waals surface area contributed by atoms with E-state index in [1.165, 1.54) is 24.8 Å². The molecule has 0 spiro atoms. The SMILES string of the molecule is C[C@@H]1CNCCN1C(=O)CC1=CCCCC1. The van der Waals surface area contributed by atoms with Crippen molar-refractivity contribution in [3.05, 3.63) is 11.6 Å². The summed E-state index contributed by atoms with van der Waals surface area (Å²) in [5, 5.41) is 3.31. The lowest BCUT2D eigenvalue weighted by Gasteiger charge is -2.34. The molecule has 1 aliphatic heterocycles.